The monoisotopic (exact) mass is 288 g/mol. The minimum absolute atomic E-state index is 0.239. The number of hydrogen-bond acceptors (Lipinski definition) is 4. The van der Waals surface area contributed by atoms with E-state index in [2.05, 4.69) is 25.6 Å². The van der Waals surface area contributed by atoms with Crippen molar-refractivity contribution in [2.45, 2.75) is 12.8 Å². The number of nitrogens with zero attached hydrogens (tertiary/aromatic N) is 1. The van der Waals surface area contributed by atoms with Gasteiger partial charge in [0.1, 0.15) is 0 Å². The number of urea groups is 1. The van der Waals surface area contributed by atoms with Gasteiger partial charge in [0.05, 0.1) is 19.0 Å². The molecule has 7 heteroatoms. The van der Waals surface area contributed by atoms with Crippen LogP contribution in [0.5, 0.6) is 0 Å². The Morgan fingerprint density at radius 1 is 1.19 bits per heavy atom. The van der Waals surface area contributed by atoms with E-state index in [1.165, 1.54) is 13.3 Å². The molecule has 0 bridgehead atoms. The Bertz CT molecular complexity index is 593. The van der Waals surface area contributed by atoms with Crippen molar-refractivity contribution in [1.29, 1.82) is 0 Å². The number of esters is 1. The fraction of sp³-hybridized carbons (Fsp3) is 0.214. The summed E-state index contributed by atoms with van der Waals surface area (Å²) in [6, 6.07) is 6.93. The second kappa shape index (κ2) is 7.09. The van der Waals surface area contributed by atoms with Gasteiger partial charge < -0.3 is 15.4 Å². The smallest absolute Gasteiger partial charge is 0.323 e. The molecule has 0 spiro atoms. The molecular weight excluding hydrogens is 272 g/mol. The topological polar surface area (TPSA) is 96.1 Å². The minimum Gasteiger partial charge on any atom is -0.469 e. The molecule has 0 atom stereocenters. The lowest BCUT2D eigenvalue weighted by molar-refractivity contribution is -0.140. The van der Waals surface area contributed by atoms with Crippen molar-refractivity contribution in [2.24, 2.45) is 0 Å². The molecule has 3 N–H and O–H groups in total. The van der Waals surface area contributed by atoms with Gasteiger partial charge in [-0.25, -0.2) is 4.79 Å². The summed E-state index contributed by atoms with van der Waals surface area (Å²) < 4.78 is 4.59. The van der Waals surface area contributed by atoms with Gasteiger partial charge in [0.2, 0.25) is 0 Å². The molecule has 0 saturated heterocycles. The van der Waals surface area contributed by atoms with Crippen molar-refractivity contribution in [3.8, 4) is 0 Å². The number of carbonyl (C=O) groups excluding carboxylic acids is 2. The zero-order valence-corrected chi connectivity index (χ0v) is 11.6. The number of amides is 2. The predicted molar refractivity (Wildman–Crippen MR) is 78.0 cm³/mol. The minimum atomic E-state index is -0.348. The number of aryl methyl sites for hydroxylation is 1. The molecule has 0 aliphatic rings. The highest BCUT2D eigenvalue weighted by Gasteiger charge is 2.04. The molecule has 1 aromatic heterocycles. The van der Waals surface area contributed by atoms with Crippen molar-refractivity contribution in [1.82, 2.24) is 10.2 Å². The Morgan fingerprint density at radius 2 is 1.90 bits per heavy atom. The fourth-order valence-electron chi connectivity index (χ4n) is 1.72. The number of aromatic amines is 1. The van der Waals surface area contributed by atoms with Crippen molar-refractivity contribution >= 4 is 23.4 Å². The van der Waals surface area contributed by atoms with Crippen LogP contribution in [0.15, 0.2) is 36.7 Å². The second-order valence-corrected chi connectivity index (χ2v) is 4.34. The Hall–Kier alpha value is -2.83. The van der Waals surface area contributed by atoms with E-state index in [0.29, 0.717) is 24.2 Å². The van der Waals surface area contributed by atoms with Gasteiger partial charge in [-0.05, 0) is 24.1 Å². The van der Waals surface area contributed by atoms with Crippen molar-refractivity contribution in [3.63, 3.8) is 0 Å². The Balaban J connectivity index is 1.84. The third-order valence-corrected chi connectivity index (χ3v) is 2.81. The number of rotatable bonds is 5. The lowest BCUT2D eigenvalue weighted by Gasteiger charge is -2.07. The third kappa shape index (κ3) is 4.64. The molecule has 7 nitrogen and oxygen atoms in total. The molecule has 0 fully saturated rings. The standard InChI is InChI=1S/C14H16N4O3/c1-21-13(19)7-4-10-2-5-11(6-3-10)17-14(20)18-12-8-15-16-9-12/h2-3,5-6,8-9H,4,7H2,1H3,(H,15,16)(H2,17,18,20). The van der Waals surface area contributed by atoms with Crippen LogP contribution in [0, 0.1) is 0 Å². The van der Waals surface area contributed by atoms with E-state index < -0.39 is 0 Å². The molecule has 110 valence electrons. The van der Waals surface area contributed by atoms with Gasteiger partial charge in [-0.2, -0.15) is 5.10 Å². The third-order valence-electron chi connectivity index (χ3n) is 2.81. The summed E-state index contributed by atoms with van der Waals surface area (Å²) in [4.78, 5) is 22.7. The highest BCUT2D eigenvalue weighted by atomic mass is 16.5. The summed E-state index contributed by atoms with van der Waals surface area (Å²) in [7, 11) is 1.37. The van der Waals surface area contributed by atoms with Crippen LogP contribution >= 0.6 is 0 Å². The molecule has 0 radical (unpaired) electrons. The van der Waals surface area contributed by atoms with E-state index in [-0.39, 0.29) is 12.0 Å². The molecule has 0 aliphatic carbocycles. The van der Waals surface area contributed by atoms with Crippen LogP contribution in [-0.2, 0) is 16.0 Å². The largest absolute Gasteiger partial charge is 0.469 e. The first-order valence-electron chi connectivity index (χ1n) is 6.40. The normalized spacial score (nSPS) is 9.95. The number of benzene rings is 1. The summed E-state index contributed by atoms with van der Waals surface area (Å²) in [6.07, 6.45) is 4.03. The van der Waals surface area contributed by atoms with Crippen LogP contribution in [0.1, 0.15) is 12.0 Å². The maximum Gasteiger partial charge on any atom is 0.323 e. The SMILES string of the molecule is COC(=O)CCc1ccc(NC(=O)Nc2cn[nH]c2)cc1. The molecule has 2 amide bonds. The fourth-order valence-corrected chi connectivity index (χ4v) is 1.72. The Labute approximate surface area is 121 Å². The average molecular weight is 288 g/mol. The van der Waals surface area contributed by atoms with Crippen LogP contribution in [0.3, 0.4) is 0 Å². The first-order valence-corrected chi connectivity index (χ1v) is 6.40. The highest BCUT2D eigenvalue weighted by molar-refractivity contribution is 5.99. The molecule has 1 aromatic carbocycles. The van der Waals surface area contributed by atoms with E-state index >= 15 is 0 Å². The molecule has 2 rings (SSSR count). The van der Waals surface area contributed by atoms with Gasteiger partial charge in [-0.1, -0.05) is 12.1 Å². The molecule has 0 unspecified atom stereocenters. The zero-order valence-electron chi connectivity index (χ0n) is 11.6. The van der Waals surface area contributed by atoms with Crippen LogP contribution in [0.2, 0.25) is 0 Å². The first-order chi connectivity index (χ1) is 10.2. The quantitative estimate of drug-likeness (QED) is 0.734. The summed E-state index contributed by atoms with van der Waals surface area (Å²) in [5.41, 5.74) is 2.25. The number of anilines is 2. The van der Waals surface area contributed by atoms with Crippen molar-refractivity contribution in [3.05, 3.63) is 42.2 Å². The van der Waals surface area contributed by atoms with Gasteiger partial charge in [-0.15, -0.1) is 0 Å². The molecular formula is C14H16N4O3. The number of ether oxygens (including phenoxy) is 1. The van der Waals surface area contributed by atoms with E-state index in [1.807, 2.05) is 12.1 Å². The van der Waals surface area contributed by atoms with Crippen LogP contribution < -0.4 is 10.6 Å². The van der Waals surface area contributed by atoms with Gasteiger partial charge in [0.25, 0.3) is 0 Å². The molecule has 21 heavy (non-hydrogen) atoms. The average Bonchev–Trinajstić information content (AvgIpc) is 2.99. The van der Waals surface area contributed by atoms with Gasteiger partial charge in [0, 0.05) is 18.3 Å². The van der Waals surface area contributed by atoms with Crippen molar-refractivity contribution < 1.29 is 14.3 Å². The molecule has 0 saturated carbocycles. The Kier molecular flexibility index (Phi) is 4.92. The van der Waals surface area contributed by atoms with Crippen LogP contribution in [0.4, 0.5) is 16.2 Å². The molecule has 0 aliphatic heterocycles. The molecule has 1 heterocycles. The lowest BCUT2D eigenvalue weighted by atomic mass is 10.1. The van der Waals surface area contributed by atoms with E-state index in [0.717, 1.165) is 5.56 Å². The number of carbonyl (C=O) groups is 2. The summed E-state index contributed by atoms with van der Waals surface area (Å²) in [5.74, 6) is -0.239. The van der Waals surface area contributed by atoms with Gasteiger partial charge in [0.15, 0.2) is 0 Å². The Morgan fingerprint density at radius 3 is 2.52 bits per heavy atom. The lowest BCUT2D eigenvalue weighted by Crippen LogP contribution is -2.19. The second-order valence-electron chi connectivity index (χ2n) is 4.34. The van der Waals surface area contributed by atoms with Crippen LogP contribution in [0.25, 0.3) is 0 Å². The number of aromatic nitrogens is 2. The maximum atomic E-state index is 11.7. The van der Waals surface area contributed by atoms with E-state index in [9.17, 15) is 9.59 Å². The van der Waals surface area contributed by atoms with E-state index in [1.54, 1.807) is 18.3 Å². The van der Waals surface area contributed by atoms with Gasteiger partial charge >= 0.3 is 12.0 Å². The first kappa shape index (κ1) is 14.6. The van der Waals surface area contributed by atoms with Gasteiger partial charge in [-0.3, -0.25) is 9.89 Å². The summed E-state index contributed by atoms with van der Waals surface area (Å²) in [6.45, 7) is 0. The molecule has 2 aromatic rings. The number of methoxy groups -OCH3 is 1. The van der Waals surface area contributed by atoms with E-state index in [4.69, 9.17) is 0 Å². The number of H-pyrrole nitrogens is 1. The summed E-state index contributed by atoms with van der Waals surface area (Å²) in [5, 5.41) is 11.7. The van der Waals surface area contributed by atoms with Crippen LogP contribution in [-0.4, -0.2) is 29.3 Å². The predicted octanol–water partition coefficient (Wildman–Crippen LogP) is 2.16. The van der Waals surface area contributed by atoms with Crippen molar-refractivity contribution in [2.75, 3.05) is 17.7 Å². The number of hydrogen-bond donors (Lipinski definition) is 3. The maximum absolute atomic E-state index is 11.7. The summed E-state index contributed by atoms with van der Waals surface area (Å²) >= 11 is 0. The zero-order chi connectivity index (χ0) is 15.1. The number of nitrogens with one attached hydrogen (secondary N) is 3. The highest BCUT2D eigenvalue weighted by Crippen LogP contribution is 2.12.